The van der Waals surface area contributed by atoms with Crippen molar-refractivity contribution in [2.75, 3.05) is 52.9 Å². The molecule has 61 heavy (non-hydrogen) atoms. The van der Waals surface area contributed by atoms with Gasteiger partial charge in [-0.2, -0.15) is 0 Å². The van der Waals surface area contributed by atoms with E-state index in [0.717, 1.165) is 16.5 Å². The number of aryl methyl sites for hydroxylation is 1. The minimum atomic E-state index is -1.91. The number of nitrogens with zero attached hydrogens (tertiary/aromatic N) is 5. The SMILES string of the molecule is CCc1c2c(nc3ccc(OC(O)OCCOCCOCCOCc4cn(CCO[C@H]5O[C@@H](CO)[C@H](O)[C@@H](O)[C@@H]5O)nn4)cc13)-c1cc3c(c(=O)n1C2)COC(=O)[C@]3(O)CC. The number of hydrogen-bond acceptors (Lipinski definition) is 19. The van der Waals surface area contributed by atoms with Gasteiger partial charge in [-0.1, -0.05) is 19.1 Å². The van der Waals surface area contributed by atoms with Crippen LogP contribution in [0.3, 0.4) is 0 Å². The van der Waals surface area contributed by atoms with Gasteiger partial charge >= 0.3 is 12.4 Å². The van der Waals surface area contributed by atoms with Crippen molar-refractivity contribution in [3.05, 3.63) is 68.8 Å². The standard InChI is InChI=1S/C40H51N5O16/c1-3-24-25-15-23(5-6-29(25)41-32-26(24)18-45-30(32)16-28-27(36(45)50)21-59-38(51)40(28,53)4-2)60-39(52)58-14-13-55-10-9-54-11-12-56-20-22-17-44(43-42-22)7-8-57-37-35(49)34(48)33(47)31(19-46)61-37/h5-6,15-17,31,33-35,37,39,46-49,52-53H,3-4,7-14,18-21H2,1-2H3/t31-,33-,34+,35-,37-,39?,40-/m0/s1. The topological polar surface area (TPSA) is 278 Å². The predicted molar refractivity (Wildman–Crippen MR) is 208 cm³/mol. The number of ether oxygens (including phenoxy) is 8. The van der Waals surface area contributed by atoms with E-state index in [9.17, 15) is 40.2 Å². The van der Waals surface area contributed by atoms with E-state index in [1.54, 1.807) is 42.0 Å². The van der Waals surface area contributed by atoms with Crippen LogP contribution in [-0.2, 0) is 76.3 Å². The highest BCUT2D eigenvalue weighted by Gasteiger charge is 2.46. The van der Waals surface area contributed by atoms with Crippen LogP contribution in [0, 0.1) is 0 Å². The van der Waals surface area contributed by atoms with Gasteiger partial charge in [-0.05, 0) is 42.7 Å². The van der Waals surface area contributed by atoms with Crippen molar-refractivity contribution in [1.82, 2.24) is 24.5 Å². The Bertz CT molecular complexity index is 2220. The van der Waals surface area contributed by atoms with Gasteiger partial charge in [0.25, 0.3) is 5.56 Å². The minimum absolute atomic E-state index is 0.0501. The molecule has 332 valence electrons. The minimum Gasteiger partial charge on any atom is -0.458 e. The lowest BCUT2D eigenvalue weighted by molar-refractivity contribution is -0.301. The zero-order valence-corrected chi connectivity index (χ0v) is 33.8. The van der Waals surface area contributed by atoms with E-state index < -0.39 is 55.4 Å². The summed E-state index contributed by atoms with van der Waals surface area (Å²) >= 11 is 0. The van der Waals surface area contributed by atoms with Gasteiger partial charge in [-0.25, -0.2) is 14.5 Å². The molecule has 0 aliphatic carbocycles. The number of aliphatic hydroxyl groups excluding tert-OH is 5. The summed E-state index contributed by atoms with van der Waals surface area (Å²) in [7, 11) is 0. The third kappa shape index (κ3) is 9.48. The largest absolute Gasteiger partial charge is 0.458 e. The maximum atomic E-state index is 13.6. The Hall–Kier alpha value is -4.49. The van der Waals surface area contributed by atoms with Gasteiger partial charge in [-0.3, -0.25) is 4.79 Å². The van der Waals surface area contributed by atoms with E-state index in [4.69, 9.17) is 42.9 Å². The summed E-state index contributed by atoms with van der Waals surface area (Å²) in [6.07, 6.45) is -4.40. The second-order valence-electron chi connectivity index (χ2n) is 14.7. The molecule has 1 unspecified atom stereocenters. The van der Waals surface area contributed by atoms with Gasteiger partial charge < -0.3 is 73.1 Å². The molecule has 0 amide bonds. The van der Waals surface area contributed by atoms with Crippen molar-refractivity contribution >= 4 is 16.9 Å². The van der Waals surface area contributed by atoms with Crippen LogP contribution in [0.1, 0.15) is 48.2 Å². The fraction of sp³-hybridized carbons (Fsp3) is 0.575. The van der Waals surface area contributed by atoms with Crippen LogP contribution in [0.5, 0.6) is 5.75 Å². The first-order valence-electron chi connectivity index (χ1n) is 20.1. The van der Waals surface area contributed by atoms with E-state index in [0.29, 0.717) is 54.6 Å². The van der Waals surface area contributed by atoms with Crippen LogP contribution in [-0.4, -0.2) is 151 Å². The highest BCUT2D eigenvalue weighted by molar-refractivity contribution is 5.90. The number of esters is 1. The van der Waals surface area contributed by atoms with E-state index in [1.165, 1.54) is 4.68 Å². The molecule has 6 N–H and O–H groups in total. The summed E-state index contributed by atoms with van der Waals surface area (Å²) < 4.78 is 46.7. The van der Waals surface area contributed by atoms with Crippen LogP contribution in [0.4, 0.5) is 0 Å². The average molecular weight is 858 g/mol. The third-order valence-corrected chi connectivity index (χ3v) is 10.9. The first-order valence-corrected chi connectivity index (χ1v) is 20.1. The number of benzene rings is 1. The number of rotatable bonds is 21. The molecule has 1 fully saturated rings. The number of hydrogen-bond donors (Lipinski definition) is 6. The fourth-order valence-electron chi connectivity index (χ4n) is 7.57. The van der Waals surface area contributed by atoms with Crippen LogP contribution < -0.4 is 10.3 Å². The molecule has 0 radical (unpaired) electrons. The first-order chi connectivity index (χ1) is 29.5. The Labute approximate surface area is 348 Å². The predicted octanol–water partition coefficient (Wildman–Crippen LogP) is -1.03. The lowest BCUT2D eigenvalue weighted by Gasteiger charge is -2.39. The van der Waals surface area contributed by atoms with Crippen molar-refractivity contribution in [3.63, 3.8) is 0 Å². The number of fused-ring (bicyclic) bond motifs is 5. The van der Waals surface area contributed by atoms with Gasteiger partial charge in [0, 0.05) is 16.5 Å². The normalized spacial score (nSPS) is 23.7. The van der Waals surface area contributed by atoms with Gasteiger partial charge in [0.15, 0.2) is 11.9 Å². The van der Waals surface area contributed by atoms with Crippen molar-refractivity contribution < 1.29 is 73.3 Å². The van der Waals surface area contributed by atoms with Crippen LogP contribution >= 0.6 is 0 Å². The fourth-order valence-corrected chi connectivity index (χ4v) is 7.57. The van der Waals surface area contributed by atoms with E-state index in [1.807, 2.05) is 6.92 Å². The lowest BCUT2D eigenvalue weighted by Crippen LogP contribution is -2.59. The Balaban J connectivity index is 0.785. The van der Waals surface area contributed by atoms with E-state index in [-0.39, 0.29) is 75.8 Å². The molecule has 6 heterocycles. The Morgan fingerprint density at radius 2 is 1.70 bits per heavy atom. The average Bonchev–Trinajstić information content (AvgIpc) is 3.87. The molecular weight excluding hydrogens is 806 g/mol. The zero-order valence-electron chi connectivity index (χ0n) is 33.8. The quantitative estimate of drug-likeness (QED) is 0.0292. The smallest absolute Gasteiger partial charge is 0.343 e. The number of carbonyl (C=O) groups excluding carboxylic acids is 1. The van der Waals surface area contributed by atoms with Gasteiger partial charge in [0.05, 0.1) is 101 Å². The summed E-state index contributed by atoms with van der Waals surface area (Å²) in [5.41, 5.74) is 2.43. The molecule has 7 atom stereocenters. The number of carbonyl (C=O) groups is 1. The maximum absolute atomic E-state index is 13.6. The molecule has 21 heteroatoms. The molecule has 3 aromatic heterocycles. The molecule has 4 aromatic rings. The third-order valence-electron chi connectivity index (χ3n) is 10.9. The van der Waals surface area contributed by atoms with Crippen molar-refractivity contribution in [2.24, 2.45) is 0 Å². The number of pyridine rings is 2. The van der Waals surface area contributed by atoms with Crippen molar-refractivity contribution in [1.29, 1.82) is 0 Å². The van der Waals surface area contributed by atoms with Crippen molar-refractivity contribution in [2.45, 2.75) is 95.8 Å². The van der Waals surface area contributed by atoms with E-state index >= 15 is 0 Å². The highest BCUT2D eigenvalue weighted by Crippen LogP contribution is 2.41. The van der Waals surface area contributed by atoms with Crippen LogP contribution in [0.15, 0.2) is 35.3 Å². The summed E-state index contributed by atoms with van der Waals surface area (Å²) in [4.78, 5) is 31.0. The summed E-state index contributed by atoms with van der Waals surface area (Å²) in [5, 5.41) is 69.5. The number of aliphatic hydroxyl groups is 6. The number of cyclic esters (lactones) is 1. The van der Waals surface area contributed by atoms with Gasteiger partial charge in [-0.15, -0.1) is 5.10 Å². The Morgan fingerprint density at radius 1 is 0.951 bits per heavy atom. The maximum Gasteiger partial charge on any atom is 0.343 e. The molecule has 3 aliphatic heterocycles. The van der Waals surface area contributed by atoms with Crippen molar-refractivity contribution in [3.8, 4) is 17.1 Å². The molecular formula is C40H51N5O16. The molecule has 1 aromatic carbocycles. The summed E-state index contributed by atoms with van der Waals surface area (Å²) in [6.45, 7) is 3.54. The second kappa shape index (κ2) is 19.7. The molecule has 7 rings (SSSR count). The number of aromatic nitrogens is 5. The summed E-state index contributed by atoms with van der Waals surface area (Å²) in [6, 6.07) is 6.87. The molecule has 0 bridgehead atoms. The molecule has 1 saturated heterocycles. The molecule has 3 aliphatic rings. The molecule has 21 nitrogen and oxygen atoms in total. The van der Waals surface area contributed by atoms with Gasteiger partial charge in [0.1, 0.15) is 42.5 Å². The molecule has 0 spiro atoms. The Morgan fingerprint density at radius 3 is 2.44 bits per heavy atom. The molecule has 0 saturated carbocycles. The summed E-state index contributed by atoms with van der Waals surface area (Å²) in [5.74, 6) is -0.424. The Kier molecular flexibility index (Phi) is 14.4. The van der Waals surface area contributed by atoms with E-state index in [2.05, 4.69) is 10.3 Å². The second-order valence-corrected chi connectivity index (χ2v) is 14.7. The highest BCUT2D eigenvalue weighted by atomic mass is 16.8. The first kappa shape index (κ1) is 44.6. The monoisotopic (exact) mass is 857 g/mol. The van der Waals surface area contributed by atoms with Gasteiger partial charge in [0.2, 0.25) is 0 Å². The zero-order chi connectivity index (χ0) is 43.3. The van der Waals surface area contributed by atoms with Crippen LogP contribution in [0.2, 0.25) is 0 Å². The lowest BCUT2D eigenvalue weighted by atomic mass is 9.86. The van der Waals surface area contributed by atoms with Crippen LogP contribution in [0.25, 0.3) is 22.3 Å².